The molecule has 0 N–H and O–H groups in total. The van der Waals surface area contributed by atoms with Gasteiger partial charge < -0.3 is 23.8 Å². The van der Waals surface area contributed by atoms with E-state index in [9.17, 15) is 4.79 Å². The molecule has 3 heterocycles. The Labute approximate surface area is 189 Å². The third-order valence-corrected chi connectivity index (χ3v) is 6.58. The molecule has 1 aromatic heterocycles. The van der Waals surface area contributed by atoms with Gasteiger partial charge in [-0.25, -0.2) is 0 Å². The Morgan fingerprint density at radius 2 is 1.44 bits per heavy atom. The number of anilines is 2. The Bertz CT molecular complexity index is 1090. The number of hydrogen-bond acceptors (Lipinski definition) is 5. The zero-order valence-electron chi connectivity index (χ0n) is 19.0. The van der Waals surface area contributed by atoms with Crippen molar-refractivity contribution in [2.24, 2.45) is 7.05 Å². The molecule has 2 saturated heterocycles. The summed E-state index contributed by atoms with van der Waals surface area (Å²) >= 11 is 0. The number of hydrogen-bond donors (Lipinski definition) is 0. The van der Waals surface area contributed by atoms with Crippen molar-refractivity contribution < 1.29 is 14.3 Å². The second kappa shape index (κ2) is 8.96. The lowest BCUT2D eigenvalue weighted by Gasteiger charge is -2.36. The molecule has 0 atom stereocenters. The summed E-state index contributed by atoms with van der Waals surface area (Å²) in [6.07, 6.45) is 0.439. The maximum atomic E-state index is 12.3. The van der Waals surface area contributed by atoms with E-state index in [0.717, 1.165) is 43.1 Å². The third kappa shape index (κ3) is 4.00. The Morgan fingerprint density at radius 1 is 0.875 bits per heavy atom. The number of aryl methyl sites for hydroxylation is 1. The fourth-order valence-corrected chi connectivity index (χ4v) is 4.96. The van der Waals surface area contributed by atoms with Gasteiger partial charge in [-0.15, -0.1) is 0 Å². The predicted molar refractivity (Wildman–Crippen MR) is 129 cm³/mol. The average Bonchev–Trinajstić information content (AvgIpc) is 3.16. The molecule has 0 unspecified atom stereocenters. The number of Topliss-reactive ketones (excluding diaryl/α,β-unsaturated/α-hetero) is 1. The molecule has 0 aliphatic carbocycles. The van der Waals surface area contributed by atoms with E-state index in [0.29, 0.717) is 32.8 Å². The van der Waals surface area contributed by atoms with Crippen LogP contribution in [-0.2, 0) is 27.7 Å². The van der Waals surface area contributed by atoms with Gasteiger partial charge in [0.05, 0.1) is 26.4 Å². The van der Waals surface area contributed by atoms with E-state index < -0.39 is 0 Å². The number of para-hydroxylation sites is 1. The number of ether oxygens (including phenoxy) is 2. The summed E-state index contributed by atoms with van der Waals surface area (Å²) in [7, 11) is 2.13. The number of carbonyl (C=O) groups excluding carboxylic acids is 1. The maximum absolute atomic E-state index is 12.3. The molecular formula is C26H31N3O3. The molecule has 2 aliphatic rings. The molecule has 0 amide bonds. The molecule has 2 aliphatic heterocycles. The molecule has 6 heteroatoms. The highest BCUT2D eigenvalue weighted by Crippen LogP contribution is 2.39. The fraction of sp³-hybridized carbons (Fsp3) is 0.423. The summed E-state index contributed by atoms with van der Waals surface area (Å²) in [4.78, 5) is 17.1. The molecule has 6 nitrogen and oxygen atoms in total. The SMILES string of the molecule is CC(=O)Cc1c(N2CCOCC2)cc(-c2cc3ccccc3n2C)cc1N1CCOCC1. The number of aromatic nitrogens is 1. The number of carbonyl (C=O) groups is 1. The van der Waals surface area contributed by atoms with Crippen LogP contribution in [-0.4, -0.2) is 63.0 Å². The number of ketones is 1. The van der Waals surface area contributed by atoms with Crippen molar-refractivity contribution in [1.82, 2.24) is 4.57 Å². The third-order valence-electron chi connectivity index (χ3n) is 6.58. The molecule has 5 rings (SSSR count). The van der Waals surface area contributed by atoms with Crippen LogP contribution in [0, 0.1) is 0 Å². The fourth-order valence-electron chi connectivity index (χ4n) is 4.96. The van der Waals surface area contributed by atoms with Gasteiger partial charge in [-0.1, -0.05) is 18.2 Å². The maximum Gasteiger partial charge on any atom is 0.134 e. The zero-order chi connectivity index (χ0) is 22.1. The van der Waals surface area contributed by atoms with Crippen molar-refractivity contribution in [3.8, 4) is 11.3 Å². The van der Waals surface area contributed by atoms with Crippen LogP contribution in [0.1, 0.15) is 12.5 Å². The lowest BCUT2D eigenvalue weighted by Crippen LogP contribution is -2.39. The first-order valence-electron chi connectivity index (χ1n) is 11.5. The summed E-state index contributed by atoms with van der Waals surface area (Å²) in [5, 5.41) is 1.23. The van der Waals surface area contributed by atoms with E-state index in [4.69, 9.17) is 9.47 Å². The summed E-state index contributed by atoms with van der Waals surface area (Å²) < 4.78 is 13.5. The van der Waals surface area contributed by atoms with Crippen LogP contribution < -0.4 is 9.80 Å². The van der Waals surface area contributed by atoms with E-state index in [1.807, 2.05) is 0 Å². The lowest BCUT2D eigenvalue weighted by molar-refractivity contribution is -0.116. The minimum absolute atomic E-state index is 0.186. The van der Waals surface area contributed by atoms with Crippen LogP contribution >= 0.6 is 0 Å². The van der Waals surface area contributed by atoms with Gasteiger partial charge in [-0.2, -0.15) is 0 Å². The first-order chi connectivity index (χ1) is 15.6. The van der Waals surface area contributed by atoms with Crippen molar-refractivity contribution in [1.29, 1.82) is 0 Å². The number of morpholine rings is 2. The molecule has 2 aromatic carbocycles. The van der Waals surface area contributed by atoms with Gasteiger partial charge in [-0.05, 0) is 31.2 Å². The number of fused-ring (bicyclic) bond motifs is 1. The first-order valence-corrected chi connectivity index (χ1v) is 11.5. The Kier molecular flexibility index (Phi) is 5.89. The molecule has 0 bridgehead atoms. The van der Waals surface area contributed by atoms with Crippen LogP contribution in [0.3, 0.4) is 0 Å². The molecule has 0 radical (unpaired) electrons. The first kappa shape index (κ1) is 21.0. The largest absolute Gasteiger partial charge is 0.378 e. The Balaban J connectivity index is 1.71. The van der Waals surface area contributed by atoms with Gasteiger partial charge in [-0.3, -0.25) is 4.79 Å². The number of rotatable bonds is 5. The molecule has 168 valence electrons. The predicted octanol–water partition coefficient (Wildman–Crippen LogP) is 3.65. The normalized spacial score (nSPS) is 17.2. The van der Waals surface area contributed by atoms with Crippen molar-refractivity contribution in [2.75, 3.05) is 62.4 Å². The summed E-state index contributed by atoms with van der Waals surface area (Å²) in [6.45, 7) is 7.89. The van der Waals surface area contributed by atoms with Gasteiger partial charge in [0.2, 0.25) is 0 Å². The summed E-state index contributed by atoms with van der Waals surface area (Å²) in [5.41, 5.74) is 7.03. The Morgan fingerprint density at radius 3 is 1.97 bits per heavy atom. The summed E-state index contributed by atoms with van der Waals surface area (Å²) in [6, 6.07) is 15.3. The van der Waals surface area contributed by atoms with Crippen molar-refractivity contribution in [3.63, 3.8) is 0 Å². The van der Waals surface area contributed by atoms with Crippen LogP contribution in [0.5, 0.6) is 0 Å². The van der Waals surface area contributed by atoms with Crippen molar-refractivity contribution >= 4 is 28.1 Å². The molecule has 0 spiro atoms. The minimum Gasteiger partial charge on any atom is -0.378 e. The van der Waals surface area contributed by atoms with E-state index in [1.54, 1.807) is 6.92 Å². The van der Waals surface area contributed by atoms with Gasteiger partial charge in [0.15, 0.2) is 0 Å². The van der Waals surface area contributed by atoms with Crippen molar-refractivity contribution in [2.45, 2.75) is 13.3 Å². The van der Waals surface area contributed by atoms with Crippen LogP contribution in [0.4, 0.5) is 11.4 Å². The highest BCUT2D eigenvalue weighted by molar-refractivity contribution is 5.90. The smallest absolute Gasteiger partial charge is 0.134 e. The van der Waals surface area contributed by atoms with Crippen molar-refractivity contribution in [3.05, 3.63) is 48.0 Å². The van der Waals surface area contributed by atoms with Crippen LogP contribution in [0.2, 0.25) is 0 Å². The average molecular weight is 434 g/mol. The van der Waals surface area contributed by atoms with Crippen LogP contribution in [0.25, 0.3) is 22.2 Å². The van der Waals surface area contributed by atoms with E-state index >= 15 is 0 Å². The molecule has 0 saturated carbocycles. The van der Waals surface area contributed by atoms with E-state index in [-0.39, 0.29) is 5.78 Å². The standard InChI is InChI=1S/C26H31N3O3/c1-19(30)15-22-25(28-7-11-31-12-8-28)17-21(18-26(22)29-9-13-32-14-10-29)24-16-20-5-3-4-6-23(20)27(24)2/h3-6,16-18H,7-15H2,1-2H3. The highest BCUT2D eigenvalue weighted by atomic mass is 16.5. The van der Waals surface area contributed by atoms with Gasteiger partial charge in [0.25, 0.3) is 0 Å². The molecule has 3 aromatic rings. The topological polar surface area (TPSA) is 46.9 Å². The van der Waals surface area contributed by atoms with Crippen LogP contribution in [0.15, 0.2) is 42.5 Å². The molecule has 32 heavy (non-hydrogen) atoms. The second-order valence-electron chi connectivity index (χ2n) is 8.72. The molecule has 2 fully saturated rings. The number of nitrogens with zero attached hydrogens (tertiary/aromatic N) is 3. The Hall–Kier alpha value is -2.83. The van der Waals surface area contributed by atoms with Gasteiger partial charge in [0.1, 0.15) is 5.78 Å². The monoisotopic (exact) mass is 433 g/mol. The lowest BCUT2D eigenvalue weighted by atomic mass is 9.97. The highest BCUT2D eigenvalue weighted by Gasteiger charge is 2.24. The molecular weight excluding hydrogens is 402 g/mol. The quantitative estimate of drug-likeness (QED) is 0.615. The van der Waals surface area contributed by atoms with Gasteiger partial charge in [0, 0.05) is 78.7 Å². The number of benzene rings is 2. The van der Waals surface area contributed by atoms with Gasteiger partial charge >= 0.3 is 0 Å². The van der Waals surface area contributed by atoms with E-state index in [2.05, 4.69) is 63.9 Å². The minimum atomic E-state index is 0.186. The zero-order valence-corrected chi connectivity index (χ0v) is 19.0. The summed E-state index contributed by atoms with van der Waals surface area (Å²) in [5.74, 6) is 0.186. The second-order valence-corrected chi connectivity index (χ2v) is 8.72. The van der Waals surface area contributed by atoms with E-state index in [1.165, 1.54) is 22.2 Å².